The SMILES string of the molecule is C=Cc1ccccc1-c1cccc(CC2NCCC2NS(=O)(=O)CC)c1. The molecule has 2 atom stereocenters. The zero-order valence-corrected chi connectivity index (χ0v) is 15.9. The van der Waals surface area contributed by atoms with Crippen molar-refractivity contribution in [2.75, 3.05) is 12.3 Å². The molecule has 0 aromatic heterocycles. The van der Waals surface area contributed by atoms with Gasteiger partial charge in [0.05, 0.1) is 5.75 Å². The van der Waals surface area contributed by atoms with Crippen molar-refractivity contribution in [1.29, 1.82) is 0 Å². The van der Waals surface area contributed by atoms with Gasteiger partial charge in [-0.2, -0.15) is 0 Å². The van der Waals surface area contributed by atoms with E-state index in [0.717, 1.165) is 36.1 Å². The molecule has 1 heterocycles. The fraction of sp³-hybridized carbons (Fsp3) is 0.333. The van der Waals surface area contributed by atoms with Crippen LogP contribution in [0.3, 0.4) is 0 Å². The van der Waals surface area contributed by atoms with Crippen LogP contribution >= 0.6 is 0 Å². The average molecular weight is 371 g/mol. The lowest BCUT2D eigenvalue weighted by Crippen LogP contribution is -2.45. The highest BCUT2D eigenvalue weighted by Crippen LogP contribution is 2.26. The lowest BCUT2D eigenvalue weighted by atomic mass is 9.95. The Bertz CT molecular complexity index is 877. The second-order valence-electron chi connectivity index (χ2n) is 6.67. The fourth-order valence-corrected chi connectivity index (χ4v) is 4.40. The van der Waals surface area contributed by atoms with Gasteiger partial charge < -0.3 is 5.32 Å². The summed E-state index contributed by atoms with van der Waals surface area (Å²) in [4.78, 5) is 0. The van der Waals surface area contributed by atoms with Crippen LogP contribution in [0.25, 0.3) is 17.2 Å². The summed E-state index contributed by atoms with van der Waals surface area (Å²) in [5, 5.41) is 3.44. The number of hydrogen-bond acceptors (Lipinski definition) is 3. The fourth-order valence-electron chi connectivity index (χ4n) is 3.49. The first-order valence-electron chi connectivity index (χ1n) is 9.06. The van der Waals surface area contributed by atoms with Gasteiger partial charge in [0.1, 0.15) is 0 Å². The Labute approximate surface area is 156 Å². The van der Waals surface area contributed by atoms with Crippen LogP contribution in [-0.4, -0.2) is 32.8 Å². The van der Waals surface area contributed by atoms with E-state index in [1.807, 2.05) is 18.2 Å². The van der Waals surface area contributed by atoms with Crippen molar-refractivity contribution >= 4 is 16.1 Å². The van der Waals surface area contributed by atoms with Crippen molar-refractivity contribution in [3.8, 4) is 11.1 Å². The molecule has 138 valence electrons. The molecule has 3 rings (SSSR count). The van der Waals surface area contributed by atoms with Crippen molar-refractivity contribution in [2.45, 2.75) is 31.8 Å². The first kappa shape index (κ1) is 18.8. The molecule has 0 saturated carbocycles. The highest BCUT2D eigenvalue weighted by molar-refractivity contribution is 7.89. The molecule has 4 nitrogen and oxygen atoms in total. The molecule has 2 unspecified atom stereocenters. The maximum atomic E-state index is 11.9. The van der Waals surface area contributed by atoms with Gasteiger partial charge in [-0.05, 0) is 48.6 Å². The van der Waals surface area contributed by atoms with Gasteiger partial charge >= 0.3 is 0 Å². The number of sulfonamides is 1. The molecule has 26 heavy (non-hydrogen) atoms. The second kappa shape index (κ2) is 8.16. The minimum atomic E-state index is -3.19. The lowest BCUT2D eigenvalue weighted by Gasteiger charge is -2.21. The predicted octanol–water partition coefficient (Wildman–Crippen LogP) is 3.21. The quantitative estimate of drug-likeness (QED) is 0.787. The van der Waals surface area contributed by atoms with Crippen molar-refractivity contribution < 1.29 is 8.42 Å². The van der Waals surface area contributed by atoms with E-state index in [1.54, 1.807) is 6.92 Å². The van der Waals surface area contributed by atoms with Gasteiger partial charge in [0, 0.05) is 12.1 Å². The largest absolute Gasteiger partial charge is 0.312 e. The first-order valence-corrected chi connectivity index (χ1v) is 10.7. The standard InChI is InChI=1S/C21H26N2O2S/c1-3-17-9-5-6-11-19(17)18-10-7-8-16(14-18)15-21-20(12-13-22-21)23-26(24,25)4-2/h3,5-11,14,20-23H,1,4,12-13,15H2,2H3. The third-order valence-corrected chi connectivity index (χ3v) is 6.35. The molecule has 1 aliphatic rings. The van der Waals surface area contributed by atoms with Gasteiger partial charge in [0.25, 0.3) is 0 Å². The summed E-state index contributed by atoms with van der Waals surface area (Å²) in [6, 6.07) is 16.7. The molecule has 0 spiro atoms. The van der Waals surface area contributed by atoms with E-state index in [1.165, 1.54) is 5.56 Å². The molecule has 0 radical (unpaired) electrons. The summed E-state index contributed by atoms with van der Waals surface area (Å²) in [5.41, 5.74) is 4.62. The van der Waals surface area contributed by atoms with Gasteiger partial charge in [0.15, 0.2) is 0 Å². The average Bonchev–Trinajstić information content (AvgIpc) is 3.08. The third kappa shape index (κ3) is 4.41. The molecule has 5 heteroatoms. The van der Waals surface area contributed by atoms with Crippen molar-refractivity contribution in [2.24, 2.45) is 0 Å². The van der Waals surface area contributed by atoms with Crippen LogP contribution in [0, 0.1) is 0 Å². The van der Waals surface area contributed by atoms with Gasteiger partial charge in [0.2, 0.25) is 10.0 Å². The van der Waals surface area contributed by atoms with E-state index in [0.29, 0.717) is 0 Å². The summed E-state index contributed by atoms with van der Waals surface area (Å²) in [5.74, 6) is 0.115. The Morgan fingerprint density at radius 1 is 1.23 bits per heavy atom. The highest BCUT2D eigenvalue weighted by Gasteiger charge is 2.29. The molecule has 2 aromatic carbocycles. The molecule has 0 aliphatic carbocycles. The van der Waals surface area contributed by atoms with E-state index in [4.69, 9.17) is 0 Å². The van der Waals surface area contributed by atoms with E-state index >= 15 is 0 Å². The Hall–Kier alpha value is -1.95. The van der Waals surface area contributed by atoms with E-state index in [9.17, 15) is 8.42 Å². The minimum Gasteiger partial charge on any atom is -0.312 e. The molecule has 2 aromatic rings. The van der Waals surface area contributed by atoms with Crippen molar-refractivity contribution in [1.82, 2.24) is 10.0 Å². The van der Waals surface area contributed by atoms with Crippen LogP contribution in [0.5, 0.6) is 0 Å². The Kier molecular flexibility index (Phi) is 5.91. The molecule has 0 bridgehead atoms. The highest BCUT2D eigenvalue weighted by atomic mass is 32.2. The Morgan fingerprint density at radius 3 is 2.81 bits per heavy atom. The zero-order valence-electron chi connectivity index (χ0n) is 15.1. The topological polar surface area (TPSA) is 58.2 Å². The van der Waals surface area contributed by atoms with Crippen LogP contribution in [0.15, 0.2) is 55.1 Å². The normalized spacial score (nSPS) is 20.2. The summed E-state index contributed by atoms with van der Waals surface area (Å²) in [6.07, 6.45) is 3.49. The maximum Gasteiger partial charge on any atom is 0.211 e. The van der Waals surface area contributed by atoms with Gasteiger partial charge in [-0.1, -0.05) is 61.2 Å². The maximum absolute atomic E-state index is 11.9. The van der Waals surface area contributed by atoms with Crippen LogP contribution in [0.1, 0.15) is 24.5 Å². The van der Waals surface area contributed by atoms with Gasteiger partial charge in [-0.25, -0.2) is 13.1 Å². The van der Waals surface area contributed by atoms with E-state index < -0.39 is 10.0 Å². The predicted molar refractivity (Wildman–Crippen MR) is 108 cm³/mol. The smallest absolute Gasteiger partial charge is 0.211 e. The number of rotatable bonds is 7. The number of benzene rings is 2. The summed E-state index contributed by atoms with van der Waals surface area (Å²) >= 11 is 0. The molecule has 1 aliphatic heterocycles. The van der Waals surface area contributed by atoms with Gasteiger partial charge in [-0.15, -0.1) is 0 Å². The first-order chi connectivity index (χ1) is 12.5. The molecule has 1 fully saturated rings. The van der Waals surface area contributed by atoms with E-state index in [-0.39, 0.29) is 17.8 Å². The van der Waals surface area contributed by atoms with Crippen LogP contribution < -0.4 is 10.0 Å². The van der Waals surface area contributed by atoms with Crippen LogP contribution in [0.4, 0.5) is 0 Å². The molecular weight excluding hydrogens is 344 g/mol. The Balaban J connectivity index is 1.79. The summed E-state index contributed by atoms with van der Waals surface area (Å²) in [7, 11) is -3.19. The molecule has 2 N–H and O–H groups in total. The summed E-state index contributed by atoms with van der Waals surface area (Å²) in [6.45, 7) is 6.40. The van der Waals surface area contributed by atoms with Gasteiger partial charge in [-0.3, -0.25) is 0 Å². The second-order valence-corrected chi connectivity index (χ2v) is 8.72. The van der Waals surface area contributed by atoms with Crippen molar-refractivity contribution in [3.05, 3.63) is 66.2 Å². The molecule has 1 saturated heterocycles. The van der Waals surface area contributed by atoms with Crippen LogP contribution in [0.2, 0.25) is 0 Å². The Morgan fingerprint density at radius 2 is 2.04 bits per heavy atom. The monoisotopic (exact) mass is 370 g/mol. The molecule has 0 amide bonds. The van der Waals surface area contributed by atoms with E-state index in [2.05, 4.69) is 53.0 Å². The third-order valence-electron chi connectivity index (χ3n) is 4.93. The number of nitrogens with one attached hydrogen (secondary N) is 2. The molecular formula is C21H26N2O2S. The summed E-state index contributed by atoms with van der Waals surface area (Å²) < 4.78 is 26.7. The van der Waals surface area contributed by atoms with Crippen molar-refractivity contribution in [3.63, 3.8) is 0 Å². The lowest BCUT2D eigenvalue weighted by molar-refractivity contribution is 0.492. The number of hydrogen-bond donors (Lipinski definition) is 2. The van der Waals surface area contributed by atoms with Crippen LogP contribution in [-0.2, 0) is 16.4 Å². The zero-order chi connectivity index (χ0) is 18.6. The minimum absolute atomic E-state index is 0.0518.